The van der Waals surface area contributed by atoms with Crippen LogP contribution in [0.5, 0.6) is 0 Å². The van der Waals surface area contributed by atoms with Gasteiger partial charge < -0.3 is 14.1 Å². The first-order chi connectivity index (χ1) is 34.9. The Kier molecular flexibility index (Phi) is 9.45. The van der Waals surface area contributed by atoms with Gasteiger partial charge in [0.05, 0.1) is 11.4 Å². The average molecular weight is 1010 g/mol. The second kappa shape index (κ2) is 15.0. The van der Waals surface area contributed by atoms with Gasteiger partial charge in [0.2, 0.25) is 0 Å². The molecule has 0 spiro atoms. The van der Waals surface area contributed by atoms with E-state index < -0.39 is 0 Å². The van der Waals surface area contributed by atoms with Gasteiger partial charge in [0.25, 0.3) is 0 Å². The van der Waals surface area contributed by atoms with Crippen LogP contribution in [0.3, 0.4) is 0 Å². The Labute approximate surface area is 446 Å². The Morgan fingerprint density at radius 3 is 1.54 bits per heavy atom. The minimum atomic E-state index is -0.137. The van der Waals surface area contributed by atoms with E-state index in [4.69, 9.17) is 4.42 Å². The van der Waals surface area contributed by atoms with Crippen molar-refractivity contribution >= 4 is 120 Å². The SMILES string of the molecule is CC(C)(C)c1ccc(N2B3c4sc5cc6c(cc5c4N(c4ccc(C(C)(C)C)cc4)c4c3c(cc3c4oc4ccccc43)-c3cc4c(cc32)sc2cc3c(cc24)C(C)(C)CCC3(C)C)C(C)(C)CCC6(C)C)cc1. The fraction of sp³-hybridized carbons (Fsp3) is 0.353. The summed E-state index contributed by atoms with van der Waals surface area (Å²) in [5.41, 5.74) is 20.9. The lowest BCUT2D eigenvalue weighted by Crippen LogP contribution is -2.60. The van der Waals surface area contributed by atoms with Crippen molar-refractivity contribution in [2.45, 2.75) is 155 Å². The molecule has 2 aliphatic heterocycles. The predicted molar refractivity (Wildman–Crippen MR) is 324 cm³/mol. The summed E-state index contributed by atoms with van der Waals surface area (Å²) in [6, 6.07) is 45.9. The third kappa shape index (κ3) is 6.55. The van der Waals surface area contributed by atoms with E-state index in [9.17, 15) is 0 Å². The Morgan fingerprint density at radius 2 is 0.959 bits per heavy atom. The molecule has 74 heavy (non-hydrogen) atoms. The van der Waals surface area contributed by atoms with Crippen LogP contribution in [0.4, 0.5) is 28.4 Å². The topological polar surface area (TPSA) is 19.6 Å². The minimum absolute atomic E-state index is 0.0102. The van der Waals surface area contributed by atoms with Crippen LogP contribution in [0, 0.1) is 0 Å². The molecule has 0 saturated carbocycles. The van der Waals surface area contributed by atoms with Crippen molar-refractivity contribution in [3.63, 3.8) is 0 Å². The van der Waals surface area contributed by atoms with Gasteiger partial charge in [-0.05, 0) is 175 Å². The third-order valence-corrected chi connectivity index (χ3v) is 21.0. The summed E-state index contributed by atoms with van der Waals surface area (Å²) in [5.74, 6) is 0. The molecular weight excluding hydrogens is 936 g/mol. The summed E-state index contributed by atoms with van der Waals surface area (Å²) in [7, 11) is 0. The molecule has 0 saturated heterocycles. The largest absolute Gasteiger partial charge is 0.454 e. The zero-order chi connectivity index (χ0) is 51.6. The van der Waals surface area contributed by atoms with Crippen molar-refractivity contribution in [3.05, 3.63) is 149 Å². The maximum absolute atomic E-state index is 7.34. The number of benzene rings is 7. The first-order valence-corrected chi connectivity index (χ1v) is 29.0. The molecular formula is C68H69BN2OS2. The number of anilines is 5. The summed E-state index contributed by atoms with van der Waals surface area (Å²) in [6.07, 6.45) is 4.74. The molecule has 0 amide bonds. The van der Waals surface area contributed by atoms with Crippen molar-refractivity contribution in [1.29, 1.82) is 0 Å². The monoisotopic (exact) mass is 1000 g/mol. The van der Waals surface area contributed by atoms with Crippen molar-refractivity contribution in [2.24, 2.45) is 0 Å². The fourth-order valence-electron chi connectivity index (χ4n) is 13.9. The Morgan fingerprint density at radius 1 is 0.473 bits per heavy atom. The van der Waals surface area contributed by atoms with Gasteiger partial charge in [-0.3, -0.25) is 0 Å². The van der Waals surface area contributed by atoms with Gasteiger partial charge in [-0.1, -0.05) is 139 Å². The zero-order valence-corrected chi connectivity index (χ0v) is 47.6. The quantitative estimate of drug-likeness (QED) is 0.161. The summed E-state index contributed by atoms with van der Waals surface area (Å²) in [6.45, 7) is 33.5. The number of nitrogens with zero attached hydrogens (tertiary/aromatic N) is 2. The standard InChI is InChI=1S/C68H69BN2OS2/c1-63(2,3)38-19-23-40(24-20-38)70-59-48-34-50-52(68(13,14)30-28-66(50,9)10)36-56(48)74-62(59)69-58-46(32-47-42-17-15-16-18-54(42)72-61(47)60(58)70)43-31-44-45-33-49-51(67(11,12)29-27-65(49,7)8)35-55(45)73-57(44)37-53(43)71(69)41-25-21-39(22-26-41)64(4,5)6/h15-26,31-37H,27-30H2,1-14H3. The molecule has 0 N–H and O–H groups in total. The normalized spacial score (nSPS) is 18.3. The summed E-state index contributed by atoms with van der Waals surface area (Å²) >= 11 is 4.00. The van der Waals surface area contributed by atoms with E-state index in [1.165, 1.54) is 121 Å². The number of thiophene rings is 2. The molecule has 0 fully saturated rings. The molecule has 4 aliphatic rings. The maximum Gasteiger partial charge on any atom is 0.343 e. The third-order valence-electron chi connectivity index (χ3n) is 18.7. The highest BCUT2D eigenvalue weighted by molar-refractivity contribution is 7.32. The smallest absolute Gasteiger partial charge is 0.343 e. The van der Waals surface area contributed by atoms with Crippen molar-refractivity contribution in [1.82, 2.24) is 0 Å². The molecule has 7 aromatic carbocycles. The molecule has 0 atom stereocenters. The summed E-state index contributed by atoms with van der Waals surface area (Å²) < 4.78 is 12.8. The highest BCUT2D eigenvalue weighted by atomic mass is 32.1. The number of fused-ring (bicyclic) bond motifs is 15. The van der Waals surface area contributed by atoms with E-state index in [1.54, 1.807) is 0 Å². The van der Waals surface area contributed by atoms with Crippen molar-refractivity contribution < 1.29 is 4.42 Å². The maximum atomic E-state index is 7.34. The van der Waals surface area contributed by atoms with Gasteiger partial charge in [-0.25, -0.2) is 0 Å². The van der Waals surface area contributed by atoms with E-state index in [0.717, 1.165) is 39.7 Å². The molecule has 10 aromatic rings. The van der Waals surface area contributed by atoms with Crippen LogP contribution in [0.25, 0.3) is 63.3 Å². The summed E-state index contributed by atoms with van der Waals surface area (Å²) in [4.78, 5) is 5.39. The molecule has 5 heterocycles. The zero-order valence-electron chi connectivity index (χ0n) is 46.0. The number of hydrogen-bond acceptors (Lipinski definition) is 5. The molecule has 0 radical (unpaired) electrons. The van der Waals surface area contributed by atoms with Crippen LogP contribution < -0.4 is 20.0 Å². The van der Waals surface area contributed by atoms with Crippen molar-refractivity contribution in [3.8, 4) is 11.1 Å². The van der Waals surface area contributed by atoms with Gasteiger partial charge in [-0.15, -0.1) is 22.7 Å². The van der Waals surface area contributed by atoms with Crippen LogP contribution in [-0.2, 0) is 32.5 Å². The van der Waals surface area contributed by atoms with E-state index >= 15 is 0 Å². The molecule has 6 heteroatoms. The lowest BCUT2D eigenvalue weighted by Gasteiger charge is -2.45. The predicted octanol–water partition coefficient (Wildman–Crippen LogP) is 19.2. The van der Waals surface area contributed by atoms with Crippen LogP contribution in [-0.4, -0.2) is 6.85 Å². The Hall–Kier alpha value is -5.82. The minimum Gasteiger partial charge on any atom is -0.454 e. The van der Waals surface area contributed by atoms with E-state index in [1.807, 2.05) is 22.7 Å². The lowest BCUT2D eigenvalue weighted by molar-refractivity contribution is 0.332. The molecule has 372 valence electrons. The Bertz CT molecular complexity index is 4050. The van der Waals surface area contributed by atoms with Crippen LogP contribution in [0.15, 0.2) is 120 Å². The fourth-order valence-corrected chi connectivity index (χ4v) is 16.3. The van der Waals surface area contributed by atoms with E-state index in [-0.39, 0.29) is 39.3 Å². The van der Waals surface area contributed by atoms with Gasteiger partial charge in [-0.2, -0.15) is 0 Å². The van der Waals surface area contributed by atoms with Gasteiger partial charge in [0.15, 0.2) is 5.58 Å². The average Bonchev–Trinajstić information content (AvgIpc) is 4.18. The molecule has 3 aromatic heterocycles. The molecule has 14 rings (SSSR count). The van der Waals surface area contributed by atoms with Gasteiger partial charge in [0.1, 0.15) is 5.58 Å². The highest BCUT2D eigenvalue weighted by Gasteiger charge is 2.50. The van der Waals surface area contributed by atoms with Gasteiger partial charge in [0, 0.05) is 68.4 Å². The lowest BCUT2D eigenvalue weighted by atomic mass is 9.46. The molecule has 3 nitrogen and oxygen atoms in total. The van der Waals surface area contributed by atoms with E-state index in [2.05, 4.69) is 222 Å². The first-order valence-electron chi connectivity index (χ1n) is 27.4. The number of furan rings is 1. The van der Waals surface area contributed by atoms with Crippen LogP contribution in [0.2, 0.25) is 0 Å². The first kappa shape index (κ1) is 46.7. The van der Waals surface area contributed by atoms with Crippen LogP contribution >= 0.6 is 22.7 Å². The number of rotatable bonds is 2. The van der Waals surface area contributed by atoms with E-state index in [0.29, 0.717) is 0 Å². The van der Waals surface area contributed by atoms with Gasteiger partial charge >= 0.3 is 6.85 Å². The Balaban J connectivity index is 1.15. The van der Waals surface area contributed by atoms with Crippen molar-refractivity contribution in [2.75, 3.05) is 9.71 Å². The van der Waals surface area contributed by atoms with Crippen LogP contribution in [0.1, 0.15) is 156 Å². The molecule has 0 bridgehead atoms. The highest BCUT2D eigenvalue weighted by Crippen LogP contribution is 2.57. The summed E-state index contributed by atoms with van der Waals surface area (Å²) in [5, 5.41) is 6.38. The second-order valence-corrected chi connectivity index (χ2v) is 29.6. The molecule has 0 unspecified atom stereocenters. The second-order valence-electron chi connectivity index (χ2n) is 27.5. The number of para-hydroxylation sites is 1. The molecule has 2 aliphatic carbocycles. The number of hydrogen-bond donors (Lipinski definition) is 0.